The van der Waals surface area contributed by atoms with Crippen LogP contribution in [0.2, 0.25) is 0 Å². The van der Waals surface area contributed by atoms with Crippen molar-refractivity contribution in [3.63, 3.8) is 0 Å². The molecule has 1 aromatic rings. The molecule has 0 radical (unpaired) electrons. The molecule has 2 aliphatic heterocycles. The Labute approximate surface area is 113 Å². The summed E-state index contributed by atoms with van der Waals surface area (Å²) >= 11 is 5.47. The third-order valence-electron chi connectivity index (χ3n) is 4.29. The van der Waals surface area contributed by atoms with Crippen molar-refractivity contribution in [3.8, 4) is 5.75 Å². The van der Waals surface area contributed by atoms with Crippen LogP contribution < -0.4 is 10.1 Å². The summed E-state index contributed by atoms with van der Waals surface area (Å²) in [6.45, 7) is 7.31. The highest BCUT2D eigenvalue weighted by Crippen LogP contribution is 2.47. The van der Waals surface area contributed by atoms with Crippen LogP contribution >= 0.6 is 12.2 Å². The summed E-state index contributed by atoms with van der Waals surface area (Å²) in [4.78, 5) is 2.14. The molecular formula is C14H18N2OS. The van der Waals surface area contributed by atoms with Gasteiger partial charge in [-0.2, -0.15) is 0 Å². The van der Waals surface area contributed by atoms with Gasteiger partial charge in [-0.25, -0.2) is 0 Å². The summed E-state index contributed by atoms with van der Waals surface area (Å²) < 4.78 is 6.27. The summed E-state index contributed by atoms with van der Waals surface area (Å²) in [6.07, 6.45) is 0. The Hall–Kier alpha value is -1.29. The second-order valence-electron chi connectivity index (χ2n) is 5.15. The van der Waals surface area contributed by atoms with E-state index in [1.807, 2.05) is 12.1 Å². The van der Waals surface area contributed by atoms with Crippen molar-refractivity contribution < 1.29 is 4.74 Å². The first-order chi connectivity index (χ1) is 8.58. The van der Waals surface area contributed by atoms with Gasteiger partial charge >= 0.3 is 0 Å². The SMILES string of the molecule is CCN1C(=S)NC2c3ccccc3OC1(C)C2C. The van der Waals surface area contributed by atoms with Gasteiger partial charge in [-0.05, 0) is 32.1 Å². The second kappa shape index (κ2) is 3.85. The molecule has 3 nitrogen and oxygen atoms in total. The van der Waals surface area contributed by atoms with Gasteiger partial charge in [0.1, 0.15) is 5.75 Å². The molecule has 1 fully saturated rings. The minimum absolute atomic E-state index is 0.246. The average Bonchev–Trinajstić information content (AvgIpc) is 2.34. The van der Waals surface area contributed by atoms with Gasteiger partial charge in [0, 0.05) is 18.0 Å². The quantitative estimate of drug-likeness (QED) is 0.787. The number of hydrogen-bond donors (Lipinski definition) is 1. The highest BCUT2D eigenvalue weighted by atomic mass is 32.1. The molecule has 0 aromatic heterocycles. The van der Waals surface area contributed by atoms with Gasteiger partial charge < -0.3 is 15.0 Å². The molecule has 3 unspecified atom stereocenters. The van der Waals surface area contributed by atoms with Crippen molar-refractivity contribution >= 4 is 17.3 Å². The zero-order valence-electron chi connectivity index (χ0n) is 10.9. The number of fused-ring (bicyclic) bond motifs is 4. The van der Waals surface area contributed by atoms with Crippen LogP contribution in [0.5, 0.6) is 5.75 Å². The van der Waals surface area contributed by atoms with Gasteiger partial charge in [0.15, 0.2) is 10.8 Å². The van der Waals surface area contributed by atoms with Crippen LogP contribution in [0.3, 0.4) is 0 Å². The highest BCUT2D eigenvalue weighted by molar-refractivity contribution is 7.80. The summed E-state index contributed by atoms with van der Waals surface area (Å²) in [6, 6.07) is 8.47. The normalized spacial score (nSPS) is 33.5. The standard InChI is InChI=1S/C14H18N2OS/c1-4-16-13(18)15-12-9(2)14(16,3)17-11-8-6-5-7-10(11)12/h5-9,12H,4H2,1-3H3,(H,15,18). The Kier molecular flexibility index (Phi) is 2.52. The van der Waals surface area contributed by atoms with Crippen LogP contribution in [0.4, 0.5) is 0 Å². The molecule has 1 saturated heterocycles. The van der Waals surface area contributed by atoms with Gasteiger partial charge in [-0.15, -0.1) is 0 Å². The van der Waals surface area contributed by atoms with Gasteiger partial charge in [0.05, 0.1) is 6.04 Å². The molecule has 1 aromatic carbocycles. The van der Waals surface area contributed by atoms with Crippen LogP contribution in [0.25, 0.3) is 0 Å². The molecular weight excluding hydrogens is 244 g/mol. The number of nitrogens with zero attached hydrogens (tertiary/aromatic N) is 1. The number of para-hydroxylation sites is 1. The van der Waals surface area contributed by atoms with Crippen LogP contribution in [0, 0.1) is 5.92 Å². The fourth-order valence-electron chi connectivity index (χ4n) is 3.10. The third kappa shape index (κ3) is 1.38. The first kappa shape index (κ1) is 11.8. The van der Waals surface area contributed by atoms with Crippen molar-refractivity contribution in [1.82, 2.24) is 10.2 Å². The number of ether oxygens (including phenoxy) is 1. The van der Waals surface area contributed by atoms with Crippen LogP contribution in [0.1, 0.15) is 32.4 Å². The van der Waals surface area contributed by atoms with E-state index in [-0.39, 0.29) is 11.8 Å². The van der Waals surface area contributed by atoms with Crippen molar-refractivity contribution in [2.75, 3.05) is 6.54 Å². The van der Waals surface area contributed by atoms with Crippen LogP contribution in [0.15, 0.2) is 24.3 Å². The van der Waals surface area contributed by atoms with Crippen molar-refractivity contribution in [1.29, 1.82) is 0 Å². The van der Waals surface area contributed by atoms with E-state index >= 15 is 0 Å². The van der Waals surface area contributed by atoms with Gasteiger partial charge in [0.2, 0.25) is 0 Å². The molecule has 3 rings (SSSR count). The number of rotatable bonds is 1. The number of benzene rings is 1. The number of nitrogens with one attached hydrogen (secondary N) is 1. The van der Waals surface area contributed by atoms with E-state index in [1.54, 1.807) is 0 Å². The van der Waals surface area contributed by atoms with E-state index in [4.69, 9.17) is 17.0 Å². The van der Waals surface area contributed by atoms with Crippen LogP contribution in [-0.4, -0.2) is 22.3 Å². The largest absolute Gasteiger partial charge is 0.467 e. The molecule has 0 amide bonds. The number of hydrogen-bond acceptors (Lipinski definition) is 2. The summed E-state index contributed by atoms with van der Waals surface area (Å²) in [7, 11) is 0. The molecule has 1 N–H and O–H groups in total. The van der Waals surface area contributed by atoms with Gasteiger partial charge in [-0.3, -0.25) is 0 Å². The van der Waals surface area contributed by atoms with Gasteiger partial charge in [0.25, 0.3) is 0 Å². The molecule has 2 aliphatic rings. The molecule has 4 heteroatoms. The van der Waals surface area contributed by atoms with E-state index in [1.165, 1.54) is 5.56 Å². The summed E-state index contributed by atoms with van der Waals surface area (Å²) in [5, 5.41) is 4.25. The van der Waals surface area contributed by atoms with Crippen molar-refractivity contribution in [2.24, 2.45) is 5.92 Å². The Morgan fingerprint density at radius 2 is 2.17 bits per heavy atom. The van der Waals surface area contributed by atoms with E-state index < -0.39 is 0 Å². The average molecular weight is 262 g/mol. The Morgan fingerprint density at radius 1 is 1.44 bits per heavy atom. The molecule has 2 bridgehead atoms. The minimum atomic E-state index is -0.351. The third-order valence-corrected chi connectivity index (χ3v) is 4.63. The Bertz CT molecular complexity index is 504. The lowest BCUT2D eigenvalue weighted by atomic mass is 9.81. The molecule has 2 heterocycles. The zero-order valence-corrected chi connectivity index (χ0v) is 11.8. The maximum atomic E-state index is 6.27. The molecule has 0 spiro atoms. The van der Waals surface area contributed by atoms with Crippen LogP contribution in [-0.2, 0) is 0 Å². The lowest BCUT2D eigenvalue weighted by Crippen LogP contribution is -2.68. The second-order valence-corrected chi connectivity index (χ2v) is 5.54. The van der Waals surface area contributed by atoms with E-state index in [0.29, 0.717) is 5.92 Å². The Morgan fingerprint density at radius 3 is 2.89 bits per heavy atom. The molecule has 0 saturated carbocycles. The first-order valence-corrected chi connectivity index (χ1v) is 6.85. The molecule has 96 valence electrons. The van der Waals surface area contributed by atoms with E-state index in [0.717, 1.165) is 17.4 Å². The minimum Gasteiger partial charge on any atom is -0.467 e. The van der Waals surface area contributed by atoms with E-state index in [9.17, 15) is 0 Å². The number of thiocarbonyl (C=S) groups is 1. The fourth-order valence-corrected chi connectivity index (χ4v) is 3.54. The molecule has 3 atom stereocenters. The lowest BCUT2D eigenvalue weighted by Gasteiger charge is -2.56. The first-order valence-electron chi connectivity index (χ1n) is 6.44. The smallest absolute Gasteiger partial charge is 0.186 e. The maximum Gasteiger partial charge on any atom is 0.186 e. The zero-order chi connectivity index (χ0) is 12.9. The maximum absolute atomic E-state index is 6.27. The Balaban J connectivity index is 2.14. The lowest BCUT2D eigenvalue weighted by molar-refractivity contribution is -0.108. The predicted molar refractivity (Wildman–Crippen MR) is 75.5 cm³/mol. The van der Waals surface area contributed by atoms with E-state index in [2.05, 4.69) is 43.1 Å². The fraction of sp³-hybridized carbons (Fsp3) is 0.500. The summed E-state index contributed by atoms with van der Waals surface area (Å²) in [5.74, 6) is 1.32. The molecule has 0 aliphatic carbocycles. The summed E-state index contributed by atoms with van der Waals surface area (Å²) in [5.41, 5.74) is 0.858. The highest BCUT2D eigenvalue weighted by Gasteiger charge is 2.52. The predicted octanol–water partition coefficient (Wildman–Crippen LogP) is 2.68. The topological polar surface area (TPSA) is 24.5 Å². The van der Waals surface area contributed by atoms with Gasteiger partial charge in [-0.1, -0.05) is 25.1 Å². The molecule has 18 heavy (non-hydrogen) atoms. The van der Waals surface area contributed by atoms with Crippen molar-refractivity contribution in [3.05, 3.63) is 29.8 Å². The van der Waals surface area contributed by atoms with Crippen molar-refractivity contribution in [2.45, 2.75) is 32.5 Å². The monoisotopic (exact) mass is 262 g/mol.